The number of anilines is 1. The molecule has 188 valence electrons. The molecule has 0 bridgehead atoms. The van der Waals surface area contributed by atoms with E-state index in [0.717, 1.165) is 15.2 Å². The summed E-state index contributed by atoms with van der Waals surface area (Å²) >= 11 is 2.19. The van der Waals surface area contributed by atoms with Crippen LogP contribution in [0.15, 0.2) is 52.5 Å². The minimum Gasteiger partial charge on any atom is -0.343 e. The Kier molecular flexibility index (Phi) is 9.19. The monoisotopic (exact) mass is 613 g/mol. The average molecular weight is 613 g/mol. The molecule has 1 atom stereocenters. The summed E-state index contributed by atoms with van der Waals surface area (Å²) in [6, 6.07) is 11.1. The second-order valence-corrected chi connectivity index (χ2v) is 11.2. The molecule has 1 fully saturated rings. The van der Waals surface area contributed by atoms with E-state index in [1.54, 1.807) is 4.90 Å². The number of rotatable bonds is 9. The highest BCUT2D eigenvalue weighted by atomic mass is 127. The van der Waals surface area contributed by atoms with Crippen molar-refractivity contribution >= 4 is 56.1 Å². The van der Waals surface area contributed by atoms with Crippen LogP contribution in [0.25, 0.3) is 0 Å². The number of nitrogens with zero attached hydrogens (tertiary/aromatic N) is 4. The summed E-state index contributed by atoms with van der Waals surface area (Å²) in [5, 5.41) is 15.5. The number of nitrogens with one attached hydrogen (secondary N) is 1. The standard InChI is InChI=1S/C23H28IN5O5S/c1-3-27(4-2)23(30)18-6-5-13-28(16-18)35(33,34)22-14-20(29(31)32)11-12-21(22)26-25-15-17-7-9-19(24)10-8-17/h7-12,14-15,18,26H,3-6,13,16H2,1-2H3/b25-15+. The van der Waals surface area contributed by atoms with Gasteiger partial charge in [-0.05, 0) is 73.0 Å². The number of sulfonamides is 1. The Balaban J connectivity index is 1.90. The largest absolute Gasteiger partial charge is 0.343 e. The van der Waals surface area contributed by atoms with E-state index in [4.69, 9.17) is 0 Å². The van der Waals surface area contributed by atoms with Crippen molar-refractivity contribution in [1.29, 1.82) is 0 Å². The van der Waals surface area contributed by atoms with Crippen LogP contribution in [-0.2, 0) is 14.8 Å². The van der Waals surface area contributed by atoms with Crippen molar-refractivity contribution in [2.45, 2.75) is 31.6 Å². The predicted octanol–water partition coefficient (Wildman–Crippen LogP) is 3.91. The van der Waals surface area contributed by atoms with E-state index in [0.29, 0.717) is 25.9 Å². The molecule has 1 aliphatic rings. The second kappa shape index (κ2) is 11.9. The van der Waals surface area contributed by atoms with Crippen molar-refractivity contribution in [3.05, 3.63) is 61.7 Å². The Labute approximate surface area is 218 Å². The maximum Gasteiger partial charge on any atom is 0.270 e. The lowest BCUT2D eigenvalue weighted by molar-refractivity contribution is -0.385. The number of carbonyl (C=O) groups is 1. The van der Waals surface area contributed by atoms with Gasteiger partial charge in [-0.15, -0.1) is 0 Å². The second-order valence-electron chi connectivity index (χ2n) is 8.07. The molecule has 0 spiro atoms. The molecular formula is C23H28IN5O5S. The maximum atomic E-state index is 13.6. The van der Waals surface area contributed by atoms with Gasteiger partial charge in [-0.2, -0.15) is 9.41 Å². The van der Waals surface area contributed by atoms with Crippen LogP contribution in [0.3, 0.4) is 0 Å². The summed E-state index contributed by atoms with van der Waals surface area (Å²) in [5.41, 5.74) is 3.30. The van der Waals surface area contributed by atoms with Crippen LogP contribution >= 0.6 is 22.6 Å². The van der Waals surface area contributed by atoms with E-state index in [1.165, 1.54) is 22.7 Å². The number of hydrazone groups is 1. The van der Waals surface area contributed by atoms with Gasteiger partial charge in [-0.3, -0.25) is 20.3 Å². The molecule has 1 amide bonds. The Morgan fingerprint density at radius 1 is 1.26 bits per heavy atom. The first-order valence-electron chi connectivity index (χ1n) is 11.3. The minimum atomic E-state index is -4.13. The van der Waals surface area contributed by atoms with Crippen molar-refractivity contribution in [2.24, 2.45) is 11.0 Å². The van der Waals surface area contributed by atoms with E-state index in [2.05, 4.69) is 33.1 Å². The third-order valence-corrected chi connectivity index (χ3v) is 8.50. The Bertz CT molecular complexity index is 1200. The normalized spacial score (nSPS) is 16.8. The van der Waals surface area contributed by atoms with Crippen LogP contribution in [0.1, 0.15) is 32.3 Å². The van der Waals surface area contributed by atoms with Crippen LogP contribution in [0.4, 0.5) is 11.4 Å². The zero-order chi connectivity index (χ0) is 25.6. The number of carbonyl (C=O) groups excluding carboxylic acids is 1. The molecule has 0 saturated carbocycles. The van der Waals surface area contributed by atoms with Crippen LogP contribution in [0.2, 0.25) is 0 Å². The molecule has 0 aromatic heterocycles. The van der Waals surface area contributed by atoms with E-state index >= 15 is 0 Å². The molecule has 2 aromatic carbocycles. The number of hydrogen-bond acceptors (Lipinski definition) is 7. The van der Waals surface area contributed by atoms with Gasteiger partial charge in [0.15, 0.2) is 0 Å². The van der Waals surface area contributed by atoms with Crippen LogP contribution in [-0.4, -0.2) is 60.8 Å². The maximum absolute atomic E-state index is 13.6. The minimum absolute atomic E-state index is 0.0334. The number of non-ortho nitro benzene ring substituents is 1. The Morgan fingerprint density at radius 2 is 1.94 bits per heavy atom. The third-order valence-electron chi connectivity index (χ3n) is 5.87. The molecule has 10 nitrogen and oxygen atoms in total. The van der Waals surface area contributed by atoms with Crippen molar-refractivity contribution in [2.75, 3.05) is 31.6 Å². The summed E-state index contributed by atoms with van der Waals surface area (Å²) in [6.45, 7) is 5.14. The summed E-state index contributed by atoms with van der Waals surface area (Å²) in [6.07, 6.45) is 2.66. The predicted molar refractivity (Wildman–Crippen MR) is 143 cm³/mol. The quantitative estimate of drug-likeness (QED) is 0.198. The Hall–Kier alpha value is -2.58. The van der Waals surface area contributed by atoms with Gasteiger partial charge >= 0.3 is 0 Å². The van der Waals surface area contributed by atoms with Gasteiger partial charge < -0.3 is 4.90 Å². The summed E-state index contributed by atoms with van der Waals surface area (Å²) in [7, 11) is -4.13. The smallest absolute Gasteiger partial charge is 0.270 e. The van der Waals surface area contributed by atoms with Crippen molar-refractivity contribution in [3.63, 3.8) is 0 Å². The number of nitro benzene ring substituents is 1. The molecular weight excluding hydrogens is 585 g/mol. The van der Waals surface area contributed by atoms with Gasteiger partial charge in [0.2, 0.25) is 15.9 Å². The molecule has 1 N–H and O–H groups in total. The number of piperidine rings is 1. The van der Waals surface area contributed by atoms with Gasteiger partial charge in [-0.1, -0.05) is 12.1 Å². The SMILES string of the molecule is CCN(CC)C(=O)C1CCCN(S(=O)(=O)c2cc([N+](=O)[O-])ccc2N/N=C/c2ccc(I)cc2)C1. The van der Waals surface area contributed by atoms with E-state index < -0.39 is 20.9 Å². The molecule has 0 aliphatic carbocycles. The summed E-state index contributed by atoms with van der Waals surface area (Å²) < 4.78 is 29.5. The first-order chi connectivity index (χ1) is 16.7. The van der Waals surface area contributed by atoms with Gasteiger partial charge in [0.1, 0.15) is 4.90 Å². The third kappa shape index (κ3) is 6.55. The number of hydrogen-bond donors (Lipinski definition) is 1. The number of amides is 1. The fourth-order valence-corrected chi connectivity index (χ4v) is 6.00. The molecule has 1 saturated heterocycles. The highest BCUT2D eigenvalue weighted by Gasteiger charge is 2.36. The molecule has 35 heavy (non-hydrogen) atoms. The van der Waals surface area contributed by atoms with E-state index in [1.807, 2.05) is 38.1 Å². The first kappa shape index (κ1) is 27.0. The fraction of sp³-hybridized carbons (Fsp3) is 0.391. The molecule has 12 heteroatoms. The first-order valence-corrected chi connectivity index (χ1v) is 13.8. The molecule has 3 rings (SSSR count). The highest BCUT2D eigenvalue weighted by molar-refractivity contribution is 14.1. The average Bonchev–Trinajstić information content (AvgIpc) is 2.86. The van der Waals surface area contributed by atoms with Crippen molar-refractivity contribution in [1.82, 2.24) is 9.21 Å². The van der Waals surface area contributed by atoms with E-state index in [-0.39, 0.29) is 35.3 Å². The topological polar surface area (TPSA) is 125 Å². The molecule has 2 aromatic rings. The fourth-order valence-electron chi connectivity index (χ4n) is 3.95. The Morgan fingerprint density at radius 3 is 2.57 bits per heavy atom. The van der Waals surface area contributed by atoms with Crippen LogP contribution < -0.4 is 5.43 Å². The zero-order valence-electron chi connectivity index (χ0n) is 19.6. The van der Waals surface area contributed by atoms with Crippen LogP contribution in [0.5, 0.6) is 0 Å². The van der Waals surface area contributed by atoms with Crippen LogP contribution in [0, 0.1) is 19.6 Å². The van der Waals surface area contributed by atoms with Crippen molar-refractivity contribution < 1.29 is 18.1 Å². The van der Waals surface area contributed by atoms with E-state index in [9.17, 15) is 23.3 Å². The van der Waals surface area contributed by atoms with Gasteiger partial charge in [-0.25, -0.2) is 8.42 Å². The molecule has 0 radical (unpaired) electrons. The lowest BCUT2D eigenvalue weighted by Gasteiger charge is -2.34. The lowest BCUT2D eigenvalue weighted by atomic mass is 9.98. The van der Waals surface area contributed by atoms with Gasteiger partial charge in [0.25, 0.3) is 5.69 Å². The number of nitro groups is 1. The number of halogens is 1. The molecule has 1 unspecified atom stereocenters. The summed E-state index contributed by atoms with van der Waals surface area (Å²) in [4.78, 5) is 25.0. The number of benzene rings is 2. The van der Waals surface area contributed by atoms with Gasteiger partial charge in [0, 0.05) is 41.9 Å². The van der Waals surface area contributed by atoms with Gasteiger partial charge in [0.05, 0.1) is 22.7 Å². The summed E-state index contributed by atoms with van der Waals surface area (Å²) in [5.74, 6) is -0.526. The lowest BCUT2D eigenvalue weighted by Crippen LogP contribution is -2.46. The molecule has 1 heterocycles. The zero-order valence-corrected chi connectivity index (χ0v) is 22.5. The molecule has 1 aliphatic heterocycles. The van der Waals surface area contributed by atoms with Crippen molar-refractivity contribution in [3.8, 4) is 0 Å². The highest BCUT2D eigenvalue weighted by Crippen LogP contribution is 2.32.